The lowest BCUT2D eigenvalue weighted by Gasteiger charge is -2.40. The Hall–Kier alpha value is -0.570. The standard InChI is InChI=1S/C18H36N2O/c1-7-10-19-16-9-11-20(13-15(16)8-2)17(21)12-14(3)18(4,5)6/h14-16,19H,7-13H2,1-6H3. The first-order valence-electron chi connectivity index (χ1n) is 8.80. The second-order valence-corrected chi connectivity index (χ2v) is 7.83. The first-order chi connectivity index (χ1) is 9.79. The predicted molar refractivity (Wildman–Crippen MR) is 90.3 cm³/mol. The molecule has 1 saturated heterocycles. The van der Waals surface area contributed by atoms with Gasteiger partial charge in [0.05, 0.1) is 0 Å². The molecule has 3 atom stereocenters. The van der Waals surface area contributed by atoms with Crippen molar-refractivity contribution in [2.45, 2.75) is 73.3 Å². The zero-order chi connectivity index (χ0) is 16.0. The van der Waals surface area contributed by atoms with Crippen molar-refractivity contribution >= 4 is 5.91 Å². The third-order valence-corrected chi connectivity index (χ3v) is 5.23. The van der Waals surface area contributed by atoms with Gasteiger partial charge in [0.2, 0.25) is 5.91 Å². The minimum atomic E-state index is 0.209. The van der Waals surface area contributed by atoms with Gasteiger partial charge in [0.25, 0.3) is 0 Å². The van der Waals surface area contributed by atoms with Gasteiger partial charge in [-0.15, -0.1) is 0 Å². The minimum absolute atomic E-state index is 0.209. The van der Waals surface area contributed by atoms with E-state index in [1.807, 2.05) is 0 Å². The van der Waals surface area contributed by atoms with Crippen molar-refractivity contribution in [1.82, 2.24) is 10.2 Å². The summed E-state index contributed by atoms with van der Waals surface area (Å²) in [7, 11) is 0. The van der Waals surface area contributed by atoms with E-state index < -0.39 is 0 Å². The first kappa shape index (κ1) is 18.5. The molecule has 1 N–H and O–H groups in total. The van der Waals surface area contributed by atoms with Crippen LogP contribution in [0.15, 0.2) is 0 Å². The van der Waals surface area contributed by atoms with E-state index in [-0.39, 0.29) is 5.41 Å². The van der Waals surface area contributed by atoms with Gasteiger partial charge in [-0.3, -0.25) is 4.79 Å². The number of nitrogens with zero attached hydrogens (tertiary/aromatic N) is 1. The van der Waals surface area contributed by atoms with Crippen molar-refractivity contribution < 1.29 is 4.79 Å². The summed E-state index contributed by atoms with van der Waals surface area (Å²) in [6, 6.07) is 0.596. The molecule has 3 nitrogen and oxygen atoms in total. The third-order valence-electron chi connectivity index (χ3n) is 5.23. The number of carbonyl (C=O) groups excluding carboxylic acids is 1. The average Bonchev–Trinajstić information content (AvgIpc) is 2.43. The molecule has 0 aromatic heterocycles. The van der Waals surface area contributed by atoms with E-state index in [1.54, 1.807) is 0 Å². The SMILES string of the molecule is CCCNC1CCN(C(=O)CC(C)C(C)(C)C)CC1CC. The Labute approximate surface area is 131 Å². The molecular formula is C18H36N2O. The highest BCUT2D eigenvalue weighted by atomic mass is 16.2. The Morgan fingerprint density at radius 2 is 2.00 bits per heavy atom. The number of rotatable bonds is 6. The van der Waals surface area contributed by atoms with Crippen LogP contribution in [-0.2, 0) is 4.79 Å². The van der Waals surface area contributed by atoms with Crippen molar-refractivity contribution in [1.29, 1.82) is 0 Å². The summed E-state index contributed by atoms with van der Waals surface area (Å²) < 4.78 is 0. The molecule has 0 aromatic carbocycles. The molecule has 1 amide bonds. The Morgan fingerprint density at radius 1 is 1.33 bits per heavy atom. The molecule has 21 heavy (non-hydrogen) atoms. The quantitative estimate of drug-likeness (QED) is 0.811. The molecule has 0 spiro atoms. The molecular weight excluding hydrogens is 260 g/mol. The fraction of sp³-hybridized carbons (Fsp3) is 0.944. The summed E-state index contributed by atoms with van der Waals surface area (Å²) in [5.41, 5.74) is 0.209. The fourth-order valence-electron chi connectivity index (χ4n) is 2.97. The molecule has 1 heterocycles. The van der Waals surface area contributed by atoms with Gasteiger partial charge < -0.3 is 10.2 Å². The number of amides is 1. The van der Waals surface area contributed by atoms with Gasteiger partial charge in [-0.05, 0) is 36.6 Å². The van der Waals surface area contributed by atoms with Crippen LogP contribution in [0.3, 0.4) is 0 Å². The molecule has 0 saturated carbocycles. The van der Waals surface area contributed by atoms with Crippen LogP contribution in [0.5, 0.6) is 0 Å². The average molecular weight is 296 g/mol. The summed E-state index contributed by atoms with van der Waals surface area (Å²) in [6.45, 7) is 16.3. The van der Waals surface area contributed by atoms with Gasteiger partial charge in [-0.2, -0.15) is 0 Å². The van der Waals surface area contributed by atoms with Crippen LogP contribution >= 0.6 is 0 Å². The Balaban J connectivity index is 2.53. The van der Waals surface area contributed by atoms with Gasteiger partial charge in [-0.1, -0.05) is 48.0 Å². The smallest absolute Gasteiger partial charge is 0.222 e. The van der Waals surface area contributed by atoms with Crippen LogP contribution in [0.25, 0.3) is 0 Å². The summed E-state index contributed by atoms with van der Waals surface area (Å²) in [5, 5.41) is 3.66. The number of likely N-dealkylation sites (tertiary alicyclic amines) is 1. The van der Waals surface area contributed by atoms with Crippen LogP contribution in [0.1, 0.15) is 67.2 Å². The predicted octanol–water partition coefficient (Wildman–Crippen LogP) is 3.69. The van der Waals surface area contributed by atoms with Crippen molar-refractivity contribution in [3.63, 3.8) is 0 Å². The minimum Gasteiger partial charge on any atom is -0.342 e. The largest absolute Gasteiger partial charge is 0.342 e. The van der Waals surface area contributed by atoms with Crippen molar-refractivity contribution in [3.05, 3.63) is 0 Å². The third kappa shape index (κ3) is 5.61. The van der Waals surface area contributed by atoms with Crippen LogP contribution < -0.4 is 5.32 Å². The summed E-state index contributed by atoms with van der Waals surface area (Å²) >= 11 is 0. The van der Waals surface area contributed by atoms with Gasteiger partial charge in [0.1, 0.15) is 0 Å². The van der Waals surface area contributed by atoms with Crippen LogP contribution in [0.2, 0.25) is 0 Å². The van der Waals surface area contributed by atoms with E-state index >= 15 is 0 Å². The number of hydrogen-bond acceptors (Lipinski definition) is 2. The van der Waals surface area contributed by atoms with E-state index in [1.165, 1.54) is 6.42 Å². The molecule has 0 aromatic rings. The normalized spacial score (nSPS) is 25.0. The first-order valence-corrected chi connectivity index (χ1v) is 8.80. The molecule has 0 radical (unpaired) electrons. The van der Waals surface area contributed by atoms with Gasteiger partial charge in [0, 0.05) is 25.6 Å². The maximum Gasteiger partial charge on any atom is 0.222 e. The number of carbonyl (C=O) groups is 1. The lowest BCUT2D eigenvalue weighted by molar-refractivity contribution is -0.135. The Bertz CT molecular complexity index is 322. The van der Waals surface area contributed by atoms with E-state index in [4.69, 9.17) is 0 Å². The highest BCUT2D eigenvalue weighted by Crippen LogP contribution is 2.29. The van der Waals surface area contributed by atoms with E-state index in [0.717, 1.165) is 32.5 Å². The summed E-state index contributed by atoms with van der Waals surface area (Å²) in [6.07, 6.45) is 4.12. The topological polar surface area (TPSA) is 32.3 Å². The summed E-state index contributed by atoms with van der Waals surface area (Å²) in [4.78, 5) is 14.7. The highest BCUT2D eigenvalue weighted by Gasteiger charge is 2.31. The van der Waals surface area contributed by atoms with Crippen LogP contribution in [-0.4, -0.2) is 36.5 Å². The zero-order valence-corrected chi connectivity index (χ0v) is 15.0. The second kappa shape index (κ2) is 8.17. The number of nitrogens with one attached hydrogen (secondary N) is 1. The molecule has 1 rings (SSSR count). The lowest BCUT2D eigenvalue weighted by Crippen LogP contribution is -2.51. The molecule has 124 valence electrons. The van der Waals surface area contributed by atoms with Crippen LogP contribution in [0.4, 0.5) is 0 Å². The van der Waals surface area contributed by atoms with Gasteiger partial charge in [-0.25, -0.2) is 0 Å². The zero-order valence-electron chi connectivity index (χ0n) is 15.0. The van der Waals surface area contributed by atoms with Crippen LogP contribution in [0, 0.1) is 17.3 Å². The lowest BCUT2D eigenvalue weighted by atomic mass is 9.79. The maximum absolute atomic E-state index is 12.5. The Kier molecular flexibility index (Phi) is 7.19. The molecule has 1 aliphatic heterocycles. The summed E-state index contributed by atoms with van der Waals surface area (Å²) in [5.74, 6) is 1.39. The van der Waals surface area contributed by atoms with E-state index in [0.29, 0.717) is 30.2 Å². The van der Waals surface area contributed by atoms with Gasteiger partial charge in [0.15, 0.2) is 0 Å². The van der Waals surface area contributed by atoms with Crippen molar-refractivity contribution in [3.8, 4) is 0 Å². The number of hydrogen-bond donors (Lipinski definition) is 1. The van der Waals surface area contributed by atoms with E-state index in [2.05, 4.69) is 51.8 Å². The van der Waals surface area contributed by atoms with Crippen molar-refractivity contribution in [2.75, 3.05) is 19.6 Å². The molecule has 0 aliphatic carbocycles. The second-order valence-electron chi connectivity index (χ2n) is 7.83. The van der Waals surface area contributed by atoms with E-state index in [9.17, 15) is 4.79 Å². The monoisotopic (exact) mass is 296 g/mol. The highest BCUT2D eigenvalue weighted by molar-refractivity contribution is 5.76. The fourth-order valence-corrected chi connectivity index (χ4v) is 2.97. The Morgan fingerprint density at radius 3 is 2.52 bits per heavy atom. The van der Waals surface area contributed by atoms with Crippen molar-refractivity contribution in [2.24, 2.45) is 17.3 Å². The van der Waals surface area contributed by atoms with Gasteiger partial charge >= 0.3 is 0 Å². The molecule has 3 unspecified atom stereocenters. The molecule has 0 bridgehead atoms. The molecule has 1 aliphatic rings. The maximum atomic E-state index is 12.5. The number of piperidine rings is 1. The molecule has 3 heteroatoms. The molecule has 1 fully saturated rings.